The second kappa shape index (κ2) is 8.51. The number of nitrogens with zero attached hydrogens (tertiary/aromatic N) is 2. The second-order valence-electron chi connectivity index (χ2n) is 6.81. The van der Waals surface area contributed by atoms with E-state index in [0.29, 0.717) is 19.3 Å². The molecule has 0 bridgehead atoms. The van der Waals surface area contributed by atoms with Gasteiger partial charge in [-0.1, -0.05) is 18.2 Å². The number of ether oxygens (including phenoxy) is 1. The Hall–Kier alpha value is -3.58. The lowest BCUT2D eigenvalue weighted by atomic mass is 9.71. The van der Waals surface area contributed by atoms with Crippen molar-refractivity contribution in [3.63, 3.8) is 0 Å². The van der Waals surface area contributed by atoms with Gasteiger partial charge < -0.3 is 10.1 Å². The lowest BCUT2D eigenvalue weighted by molar-refractivity contribution is -0.275. The zero-order chi connectivity index (χ0) is 23.6. The molecule has 0 spiro atoms. The van der Waals surface area contributed by atoms with E-state index in [0.717, 1.165) is 12.4 Å². The van der Waals surface area contributed by atoms with Crippen LogP contribution >= 0.6 is 0 Å². The average molecular weight is 463 g/mol. The van der Waals surface area contributed by atoms with E-state index in [-0.39, 0.29) is 22.8 Å². The van der Waals surface area contributed by atoms with Gasteiger partial charge in [0.15, 0.2) is 0 Å². The Bertz CT molecular complexity index is 990. The molecule has 0 radical (unpaired) electrons. The van der Waals surface area contributed by atoms with E-state index < -0.39 is 29.9 Å². The molecule has 0 aliphatic heterocycles. The standard InChI is InChI=1S/C18H15F6N5O3/c19-17(20,21)14(31)29-28-13(30)10-8-25-15(26-9-10)27-16(6-3-7-16)11-4-1-2-5-12(11)32-18(22,23)24/h1-2,4-5,8-9H,3,6-7H2,(H,28,30)(H,29,31)(H,25,26,27). The van der Waals surface area contributed by atoms with Crippen molar-refractivity contribution in [1.29, 1.82) is 0 Å². The molecular formula is C18H15F6N5O3. The summed E-state index contributed by atoms with van der Waals surface area (Å²) in [7, 11) is 0. The minimum atomic E-state index is -5.18. The molecule has 2 aromatic rings. The number of rotatable bonds is 5. The first-order valence-electron chi connectivity index (χ1n) is 9.03. The summed E-state index contributed by atoms with van der Waals surface area (Å²) in [5.74, 6) is -3.86. The molecule has 32 heavy (non-hydrogen) atoms. The van der Waals surface area contributed by atoms with Crippen LogP contribution in [-0.4, -0.2) is 34.3 Å². The van der Waals surface area contributed by atoms with Gasteiger partial charge in [0.05, 0.1) is 11.1 Å². The first-order chi connectivity index (χ1) is 14.9. The third kappa shape index (κ3) is 5.36. The monoisotopic (exact) mass is 463 g/mol. The predicted octanol–water partition coefficient (Wildman–Crippen LogP) is 3.19. The Morgan fingerprint density at radius 3 is 2.12 bits per heavy atom. The number of anilines is 1. The lowest BCUT2D eigenvalue weighted by Gasteiger charge is -2.43. The maximum Gasteiger partial charge on any atom is 0.573 e. The van der Waals surface area contributed by atoms with Crippen LogP contribution in [0.15, 0.2) is 36.7 Å². The minimum absolute atomic E-state index is 0.0256. The SMILES string of the molecule is O=C(NNC(=O)C(F)(F)F)c1cnc(NC2(c3ccccc3OC(F)(F)F)CCC2)nc1. The fourth-order valence-corrected chi connectivity index (χ4v) is 3.05. The third-order valence-corrected chi connectivity index (χ3v) is 4.65. The van der Waals surface area contributed by atoms with Crippen LogP contribution in [0, 0.1) is 0 Å². The summed E-state index contributed by atoms with van der Waals surface area (Å²) in [5, 5.41) is 2.95. The van der Waals surface area contributed by atoms with Crippen LogP contribution in [0.2, 0.25) is 0 Å². The van der Waals surface area contributed by atoms with Crippen LogP contribution < -0.4 is 20.9 Å². The number of nitrogens with one attached hydrogen (secondary N) is 3. The summed E-state index contributed by atoms with van der Waals surface area (Å²) in [4.78, 5) is 30.3. The van der Waals surface area contributed by atoms with Crippen LogP contribution in [0.25, 0.3) is 0 Å². The van der Waals surface area contributed by atoms with Gasteiger partial charge in [-0.15, -0.1) is 13.2 Å². The predicted molar refractivity (Wildman–Crippen MR) is 96.0 cm³/mol. The molecule has 2 amide bonds. The van der Waals surface area contributed by atoms with Crippen molar-refractivity contribution in [3.8, 4) is 5.75 Å². The highest BCUT2D eigenvalue weighted by molar-refractivity contribution is 5.95. The lowest BCUT2D eigenvalue weighted by Crippen LogP contribution is -2.47. The van der Waals surface area contributed by atoms with Crippen LogP contribution in [0.1, 0.15) is 35.2 Å². The number of hydrogen-bond acceptors (Lipinski definition) is 6. The molecule has 172 valence electrons. The maximum absolute atomic E-state index is 12.8. The number of carbonyl (C=O) groups excluding carboxylic acids is 2. The molecule has 1 aromatic heterocycles. The van der Waals surface area contributed by atoms with E-state index >= 15 is 0 Å². The maximum atomic E-state index is 12.8. The molecule has 1 fully saturated rings. The Morgan fingerprint density at radius 2 is 1.59 bits per heavy atom. The van der Waals surface area contributed by atoms with Crippen molar-refractivity contribution < 1.29 is 40.7 Å². The zero-order valence-corrected chi connectivity index (χ0v) is 16.0. The van der Waals surface area contributed by atoms with Gasteiger partial charge in [-0.05, 0) is 25.3 Å². The van der Waals surface area contributed by atoms with E-state index in [1.807, 2.05) is 0 Å². The fraction of sp³-hybridized carbons (Fsp3) is 0.333. The molecular weight excluding hydrogens is 448 g/mol. The normalized spacial score (nSPS) is 15.3. The van der Waals surface area contributed by atoms with E-state index in [2.05, 4.69) is 20.0 Å². The quantitative estimate of drug-likeness (QED) is 0.465. The molecule has 3 N–H and O–H groups in total. The van der Waals surface area contributed by atoms with Gasteiger partial charge >= 0.3 is 18.4 Å². The smallest absolute Gasteiger partial charge is 0.405 e. The van der Waals surface area contributed by atoms with Gasteiger partial charge in [-0.25, -0.2) is 9.97 Å². The highest BCUT2D eigenvalue weighted by Gasteiger charge is 2.43. The molecule has 1 saturated carbocycles. The number of halogens is 6. The number of benzene rings is 1. The minimum Gasteiger partial charge on any atom is -0.405 e. The van der Waals surface area contributed by atoms with E-state index in [9.17, 15) is 35.9 Å². The van der Waals surface area contributed by atoms with Crippen LogP contribution in [0.3, 0.4) is 0 Å². The van der Waals surface area contributed by atoms with E-state index in [4.69, 9.17) is 0 Å². The Balaban J connectivity index is 1.72. The largest absolute Gasteiger partial charge is 0.573 e. The molecule has 1 aliphatic rings. The number of aromatic nitrogens is 2. The van der Waals surface area contributed by atoms with Crippen molar-refractivity contribution in [2.75, 3.05) is 5.32 Å². The molecule has 8 nitrogen and oxygen atoms in total. The number of amides is 2. The fourth-order valence-electron chi connectivity index (χ4n) is 3.05. The molecule has 1 aromatic carbocycles. The first kappa shape index (κ1) is 23.1. The summed E-state index contributed by atoms with van der Waals surface area (Å²) in [6.07, 6.45) is -6.47. The van der Waals surface area contributed by atoms with Gasteiger partial charge in [0.2, 0.25) is 5.95 Å². The van der Waals surface area contributed by atoms with Gasteiger partial charge in [0, 0.05) is 18.0 Å². The molecule has 0 unspecified atom stereocenters. The van der Waals surface area contributed by atoms with Crippen molar-refractivity contribution in [1.82, 2.24) is 20.8 Å². The highest BCUT2D eigenvalue weighted by atomic mass is 19.4. The number of hydrazine groups is 1. The molecule has 1 heterocycles. The van der Waals surface area contributed by atoms with E-state index in [1.54, 1.807) is 11.5 Å². The Morgan fingerprint density at radius 1 is 0.969 bits per heavy atom. The number of para-hydroxylation sites is 1. The first-order valence-corrected chi connectivity index (χ1v) is 9.03. The van der Waals surface area contributed by atoms with E-state index in [1.165, 1.54) is 23.6 Å². The topological polar surface area (TPSA) is 105 Å². The van der Waals surface area contributed by atoms with Crippen molar-refractivity contribution >= 4 is 17.8 Å². The second-order valence-corrected chi connectivity index (χ2v) is 6.81. The number of hydrogen-bond donors (Lipinski definition) is 3. The summed E-state index contributed by atoms with van der Waals surface area (Å²) in [5.41, 5.74) is 1.82. The van der Waals surface area contributed by atoms with Gasteiger partial charge in [-0.3, -0.25) is 20.4 Å². The van der Waals surface area contributed by atoms with Crippen molar-refractivity contribution in [2.24, 2.45) is 0 Å². The highest BCUT2D eigenvalue weighted by Crippen LogP contribution is 2.47. The molecule has 0 saturated heterocycles. The Kier molecular flexibility index (Phi) is 6.14. The van der Waals surface area contributed by atoms with Crippen LogP contribution in [0.4, 0.5) is 32.3 Å². The third-order valence-electron chi connectivity index (χ3n) is 4.65. The van der Waals surface area contributed by atoms with Crippen molar-refractivity contribution in [3.05, 3.63) is 47.8 Å². The molecule has 14 heteroatoms. The molecule has 3 rings (SSSR count). The average Bonchev–Trinajstić information content (AvgIpc) is 2.68. The van der Waals surface area contributed by atoms with Crippen LogP contribution in [0.5, 0.6) is 5.75 Å². The summed E-state index contributed by atoms with van der Waals surface area (Å²) in [6.45, 7) is 0. The summed E-state index contributed by atoms with van der Waals surface area (Å²) in [6, 6.07) is 5.63. The van der Waals surface area contributed by atoms with Gasteiger partial charge in [0.25, 0.3) is 5.91 Å². The molecule has 0 atom stereocenters. The van der Waals surface area contributed by atoms with Crippen LogP contribution in [-0.2, 0) is 10.3 Å². The number of alkyl halides is 6. The zero-order valence-electron chi connectivity index (χ0n) is 16.0. The van der Waals surface area contributed by atoms with Gasteiger partial charge in [-0.2, -0.15) is 13.2 Å². The van der Waals surface area contributed by atoms with Gasteiger partial charge in [0.1, 0.15) is 5.75 Å². The summed E-state index contributed by atoms with van der Waals surface area (Å²) < 4.78 is 78.8. The summed E-state index contributed by atoms with van der Waals surface area (Å²) >= 11 is 0. The Labute approximate surface area is 176 Å². The number of carbonyl (C=O) groups is 2. The van der Waals surface area contributed by atoms with Crippen molar-refractivity contribution in [2.45, 2.75) is 37.3 Å². The molecule has 1 aliphatic carbocycles.